The Balaban J connectivity index is 1.64. The normalized spacial score (nSPS) is 20.1. The number of benzene rings is 3. The van der Waals surface area contributed by atoms with Gasteiger partial charge in [0.2, 0.25) is 0 Å². The third-order valence-electron chi connectivity index (χ3n) is 9.38. The van der Waals surface area contributed by atoms with E-state index in [1.54, 1.807) is 0 Å². The molecule has 0 radical (unpaired) electrons. The van der Waals surface area contributed by atoms with E-state index in [1.165, 1.54) is 10.7 Å². The Labute approximate surface area is 241 Å². The van der Waals surface area contributed by atoms with Crippen LogP contribution in [0.5, 0.6) is 0 Å². The second-order valence-corrected chi connectivity index (χ2v) is 26.5. The SMILES string of the molecule is CC[Si](CC)(CC)O[C@]1(CCC/C=[CH]/[Sn]([c]2ccccc2)([c]2ccccc2)[c]2ccccc2)C(=O)CC[C@@H]1C. The number of rotatable bonds is 13. The van der Waals surface area contributed by atoms with Crippen molar-refractivity contribution >= 4 is 43.2 Å². The molecule has 0 aliphatic heterocycles. The molecule has 0 amide bonds. The number of hydrogen-bond acceptors (Lipinski definition) is 2. The van der Waals surface area contributed by atoms with E-state index in [-0.39, 0.29) is 0 Å². The first-order chi connectivity index (χ1) is 19.0. The van der Waals surface area contributed by atoms with Crippen LogP contribution in [-0.4, -0.2) is 38.1 Å². The molecule has 0 unspecified atom stereocenters. The standard InChI is InChI=1S/C17H31O2Si.3C6H5.Sn/c1-6-10-11-14-17(15(5)12-13-16(17)18)19-20(7-2,8-3)9-4;3*1-2-4-6-5-3-1;/h1,6,15H,7-14H2,2-5H3;3*1-5H;/t15-,17-;;;;/m0..../s1. The molecule has 0 N–H and O–H groups in total. The van der Waals surface area contributed by atoms with Crippen molar-refractivity contribution in [3.05, 3.63) is 101 Å². The maximum absolute atomic E-state index is 13.4. The summed E-state index contributed by atoms with van der Waals surface area (Å²) in [6, 6.07) is 36.7. The van der Waals surface area contributed by atoms with Gasteiger partial charge in [0.05, 0.1) is 0 Å². The summed E-state index contributed by atoms with van der Waals surface area (Å²) in [7, 11) is -1.90. The first kappa shape index (κ1) is 30.0. The Kier molecular flexibility index (Phi) is 10.5. The third kappa shape index (κ3) is 6.21. The van der Waals surface area contributed by atoms with Crippen LogP contribution in [0.1, 0.15) is 59.8 Å². The minimum absolute atomic E-state index is 0.307. The third-order valence-corrected chi connectivity index (χ3v) is 26.8. The molecule has 3 aromatic rings. The quantitative estimate of drug-likeness (QED) is 0.146. The average molecular weight is 646 g/mol. The van der Waals surface area contributed by atoms with Gasteiger partial charge in [0.25, 0.3) is 0 Å². The summed E-state index contributed by atoms with van der Waals surface area (Å²) < 4.78 is 14.1. The summed E-state index contributed by atoms with van der Waals surface area (Å²) in [6.07, 6.45) is 6.87. The number of allylic oxidation sites excluding steroid dienone is 1. The van der Waals surface area contributed by atoms with E-state index in [0.29, 0.717) is 18.1 Å². The molecule has 0 heterocycles. The molecule has 3 aromatic carbocycles. The van der Waals surface area contributed by atoms with Crippen molar-refractivity contribution < 1.29 is 9.22 Å². The summed E-state index contributed by atoms with van der Waals surface area (Å²) in [5.41, 5.74) is -0.569. The van der Waals surface area contributed by atoms with E-state index in [1.807, 2.05) is 0 Å². The molecule has 1 saturated carbocycles. The van der Waals surface area contributed by atoms with E-state index >= 15 is 0 Å². The summed E-state index contributed by atoms with van der Waals surface area (Å²) in [5.74, 6) is 0.666. The summed E-state index contributed by atoms with van der Waals surface area (Å²) in [6.45, 7) is 9.05. The van der Waals surface area contributed by atoms with Crippen molar-refractivity contribution in [1.29, 1.82) is 0 Å². The van der Waals surface area contributed by atoms with Crippen molar-refractivity contribution in [2.75, 3.05) is 0 Å². The Hall–Kier alpha value is -1.95. The van der Waals surface area contributed by atoms with Crippen molar-refractivity contribution in [3.63, 3.8) is 0 Å². The predicted octanol–water partition coefficient (Wildman–Crippen LogP) is 7.18. The fourth-order valence-electron chi connectivity index (χ4n) is 6.65. The molecular weight excluding hydrogens is 599 g/mol. The van der Waals surface area contributed by atoms with Crippen LogP contribution in [0, 0.1) is 5.92 Å². The van der Waals surface area contributed by atoms with Crippen molar-refractivity contribution in [2.24, 2.45) is 5.92 Å². The van der Waals surface area contributed by atoms with Gasteiger partial charge in [-0.1, -0.05) is 0 Å². The summed E-state index contributed by atoms with van der Waals surface area (Å²) in [4.78, 5) is 13.4. The van der Waals surface area contributed by atoms with Crippen molar-refractivity contribution in [1.82, 2.24) is 0 Å². The zero-order valence-corrected chi connectivity index (χ0v) is 28.2. The van der Waals surface area contributed by atoms with Crippen LogP contribution in [-0.2, 0) is 9.22 Å². The Morgan fingerprint density at radius 2 is 1.28 bits per heavy atom. The van der Waals surface area contributed by atoms with E-state index in [4.69, 9.17) is 4.43 Å². The molecule has 39 heavy (non-hydrogen) atoms. The Morgan fingerprint density at radius 3 is 1.67 bits per heavy atom. The van der Waals surface area contributed by atoms with Crippen LogP contribution >= 0.6 is 0 Å². The molecule has 4 heteroatoms. The van der Waals surface area contributed by atoms with Crippen molar-refractivity contribution in [2.45, 2.75) is 83.5 Å². The van der Waals surface area contributed by atoms with E-state index in [0.717, 1.165) is 43.8 Å². The van der Waals surface area contributed by atoms with Gasteiger partial charge in [-0.25, -0.2) is 0 Å². The monoisotopic (exact) mass is 646 g/mol. The average Bonchev–Trinajstić information content (AvgIpc) is 3.27. The number of carbonyl (C=O) groups excluding carboxylic acids is 1. The maximum atomic E-state index is 13.4. The van der Waals surface area contributed by atoms with E-state index < -0.39 is 32.3 Å². The van der Waals surface area contributed by atoms with Gasteiger partial charge in [-0.05, 0) is 0 Å². The second kappa shape index (κ2) is 13.6. The predicted molar refractivity (Wildman–Crippen MR) is 171 cm³/mol. The molecule has 0 spiro atoms. The molecule has 1 aliphatic rings. The fourth-order valence-corrected chi connectivity index (χ4v) is 21.9. The topological polar surface area (TPSA) is 26.3 Å². The van der Waals surface area contributed by atoms with Crippen molar-refractivity contribution in [3.8, 4) is 0 Å². The summed E-state index contributed by atoms with van der Waals surface area (Å²) >= 11 is -3.40. The Morgan fingerprint density at radius 1 is 0.821 bits per heavy atom. The molecule has 2 atom stereocenters. The molecule has 1 fully saturated rings. The first-order valence-corrected chi connectivity index (χ1v) is 23.5. The van der Waals surface area contributed by atoms with Gasteiger partial charge < -0.3 is 0 Å². The fraction of sp³-hybridized carbons (Fsp3) is 0.400. The molecule has 1 aliphatic carbocycles. The number of Topliss-reactive ketones (excluding diaryl/α,β-unsaturated/α-hetero) is 1. The van der Waals surface area contributed by atoms with E-state index in [9.17, 15) is 4.79 Å². The van der Waals surface area contributed by atoms with Gasteiger partial charge in [0.15, 0.2) is 0 Å². The Bertz CT molecular complexity index is 1100. The first-order valence-electron chi connectivity index (χ1n) is 15.0. The molecule has 206 valence electrons. The number of unbranched alkanes of at least 4 members (excludes halogenated alkanes) is 1. The van der Waals surface area contributed by atoms with Crippen LogP contribution in [0.4, 0.5) is 0 Å². The molecular formula is C35H46O2SiSn. The van der Waals surface area contributed by atoms with Crippen LogP contribution in [0.25, 0.3) is 0 Å². The molecule has 0 bridgehead atoms. The van der Waals surface area contributed by atoms with Gasteiger partial charge >= 0.3 is 243 Å². The van der Waals surface area contributed by atoms with Crippen LogP contribution < -0.4 is 10.7 Å². The number of hydrogen-bond donors (Lipinski definition) is 0. The van der Waals surface area contributed by atoms with E-state index in [2.05, 4.69) is 129 Å². The summed E-state index contributed by atoms with van der Waals surface area (Å²) in [5, 5.41) is 0. The molecule has 2 nitrogen and oxygen atoms in total. The van der Waals surface area contributed by atoms with Gasteiger partial charge in [0, 0.05) is 0 Å². The van der Waals surface area contributed by atoms with Gasteiger partial charge in [0.1, 0.15) is 0 Å². The molecule has 0 aromatic heterocycles. The van der Waals surface area contributed by atoms with Crippen LogP contribution in [0.15, 0.2) is 101 Å². The van der Waals surface area contributed by atoms with Gasteiger partial charge in [-0.15, -0.1) is 0 Å². The zero-order chi connectivity index (χ0) is 27.8. The van der Waals surface area contributed by atoms with Gasteiger partial charge in [-0.2, -0.15) is 0 Å². The number of carbonyl (C=O) groups is 1. The van der Waals surface area contributed by atoms with Gasteiger partial charge in [-0.3, -0.25) is 0 Å². The molecule has 0 saturated heterocycles. The van der Waals surface area contributed by atoms with Crippen LogP contribution in [0.3, 0.4) is 0 Å². The van der Waals surface area contributed by atoms with Crippen LogP contribution in [0.2, 0.25) is 18.1 Å². The number of ketones is 1. The second-order valence-electron chi connectivity index (χ2n) is 11.3. The minimum atomic E-state index is -3.40. The zero-order valence-electron chi connectivity index (χ0n) is 24.4. The molecule has 4 rings (SSSR count).